The molecule has 1 N–H and O–H groups in total. The fourth-order valence-corrected chi connectivity index (χ4v) is 3.79. The largest absolute Gasteiger partial charge is 0.345 e. The molecule has 7 heteroatoms. The third-order valence-corrected chi connectivity index (χ3v) is 6.24. The summed E-state index contributed by atoms with van der Waals surface area (Å²) in [4.78, 5) is 17.4. The lowest BCUT2D eigenvalue weighted by atomic mass is 10.0. The minimum absolute atomic E-state index is 0.0215. The molecule has 2 aromatic rings. The van der Waals surface area contributed by atoms with E-state index in [1.165, 1.54) is 38.4 Å². The summed E-state index contributed by atoms with van der Waals surface area (Å²) >= 11 is 0. The summed E-state index contributed by atoms with van der Waals surface area (Å²) in [5, 5.41) is 3.08. The van der Waals surface area contributed by atoms with Crippen LogP contribution in [0.4, 0.5) is 0 Å². The van der Waals surface area contributed by atoms with Gasteiger partial charge in [0.05, 0.1) is 18.0 Å². The highest BCUT2D eigenvalue weighted by Crippen LogP contribution is 2.41. The van der Waals surface area contributed by atoms with Gasteiger partial charge in [0.25, 0.3) is 15.9 Å². The van der Waals surface area contributed by atoms with Crippen LogP contribution in [0.15, 0.2) is 59.5 Å². The molecule has 0 radical (unpaired) electrons. The molecule has 2 aromatic carbocycles. The Kier molecular flexibility index (Phi) is 5.41. The summed E-state index contributed by atoms with van der Waals surface area (Å²) in [6.45, 7) is 0. The second kappa shape index (κ2) is 7.57. The first-order valence-corrected chi connectivity index (χ1v) is 9.86. The SMILES string of the molecule is CON(C)S(=O)(=O)c1ccc(C(=O)NC(c2ccccc2)C2CC2)cc1. The van der Waals surface area contributed by atoms with Crippen LogP contribution in [0.25, 0.3) is 0 Å². The van der Waals surface area contributed by atoms with Crippen LogP contribution in [0.2, 0.25) is 0 Å². The van der Waals surface area contributed by atoms with E-state index in [-0.39, 0.29) is 16.8 Å². The smallest absolute Gasteiger partial charge is 0.264 e. The molecule has 6 nitrogen and oxygen atoms in total. The van der Waals surface area contributed by atoms with Crippen molar-refractivity contribution in [1.29, 1.82) is 0 Å². The highest BCUT2D eigenvalue weighted by Gasteiger charge is 2.33. The molecule has 1 atom stereocenters. The number of hydrogen-bond acceptors (Lipinski definition) is 4. The molecular formula is C19H22N2O4S. The van der Waals surface area contributed by atoms with Crippen LogP contribution in [0, 0.1) is 5.92 Å². The van der Waals surface area contributed by atoms with E-state index in [0.717, 1.165) is 22.9 Å². The number of hydrogen-bond donors (Lipinski definition) is 1. The molecule has 3 rings (SSSR count). The number of benzene rings is 2. The van der Waals surface area contributed by atoms with E-state index in [1.807, 2.05) is 30.3 Å². The second-order valence-electron chi connectivity index (χ2n) is 6.32. The van der Waals surface area contributed by atoms with Crippen LogP contribution >= 0.6 is 0 Å². The first-order valence-electron chi connectivity index (χ1n) is 8.42. The van der Waals surface area contributed by atoms with Gasteiger partial charge < -0.3 is 5.32 Å². The molecular weight excluding hydrogens is 352 g/mol. The van der Waals surface area contributed by atoms with Crippen molar-refractivity contribution in [2.24, 2.45) is 5.92 Å². The highest BCUT2D eigenvalue weighted by molar-refractivity contribution is 7.89. The molecule has 0 aromatic heterocycles. The van der Waals surface area contributed by atoms with E-state index in [9.17, 15) is 13.2 Å². The number of nitrogens with zero attached hydrogens (tertiary/aromatic N) is 1. The van der Waals surface area contributed by atoms with Crippen LogP contribution in [-0.4, -0.2) is 33.0 Å². The maximum atomic E-state index is 12.6. The monoisotopic (exact) mass is 374 g/mol. The number of carbonyl (C=O) groups is 1. The van der Waals surface area contributed by atoms with Crippen molar-refractivity contribution in [3.05, 3.63) is 65.7 Å². The van der Waals surface area contributed by atoms with Crippen molar-refractivity contribution >= 4 is 15.9 Å². The van der Waals surface area contributed by atoms with Crippen molar-refractivity contribution in [3.63, 3.8) is 0 Å². The fourth-order valence-electron chi connectivity index (χ4n) is 2.81. The van der Waals surface area contributed by atoms with Gasteiger partial charge in [-0.1, -0.05) is 34.8 Å². The molecule has 138 valence electrons. The van der Waals surface area contributed by atoms with Gasteiger partial charge in [-0.25, -0.2) is 8.42 Å². The predicted molar refractivity (Wildman–Crippen MR) is 97.8 cm³/mol. The Hall–Kier alpha value is -2.22. The van der Waals surface area contributed by atoms with Crippen LogP contribution in [0.3, 0.4) is 0 Å². The molecule has 26 heavy (non-hydrogen) atoms. The quantitative estimate of drug-likeness (QED) is 0.756. The molecule has 0 aliphatic heterocycles. The zero-order valence-electron chi connectivity index (χ0n) is 14.8. The van der Waals surface area contributed by atoms with Gasteiger partial charge in [-0.3, -0.25) is 9.63 Å². The zero-order chi connectivity index (χ0) is 18.7. The maximum absolute atomic E-state index is 12.6. The molecule has 1 aliphatic rings. The zero-order valence-corrected chi connectivity index (χ0v) is 15.6. The Balaban J connectivity index is 1.76. The molecule has 0 bridgehead atoms. The number of rotatable bonds is 7. The summed E-state index contributed by atoms with van der Waals surface area (Å²) < 4.78 is 25.2. The van der Waals surface area contributed by atoms with Gasteiger partial charge in [-0.2, -0.15) is 0 Å². The van der Waals surface area contributed by atoms with Crippen molar-refractivity contribution in [3.8, 4) is 0 Å². The maximum Gasteiger partial charge on any atom is 0.264 e. The number of nitrogens with one attached hydrogen (secondary N) is 1. The summed E-state index contributed by atoms with van der Waals surface area (Å²) in [6, 6.07) is 15.7. The molecule has 0 spiro atoms. The normalized spacial score (nSPS) is 15.7. The molecule has 1 unspecified atom stereocenters. The lowest BCUT2D eigenvalue weighted by molar-refractivity contribution is -0.0258. The molecule has 1 amide bonds. The minimum Gasteiger partial charge on any atom is -0.345 e. The van der Waals surface area contributed by atoms with Gasteiger partial charge in [0, 0.05) is 12.6 Å². The number of hydroxylamine groups is 1. The summed E-state index contributed by atoms with van der Waals surface area (Å²) in [5.41, 5.74) is 1.51. The van der Waals surface area contributed by atoms with Crippen molar-refractivity contribution in [2.75, 3.05) is 14.2 Å². The highest BCUT2D eigenvalue weighted by atomic mass is 32.2. The van der Waals surface area contributed by atoms with Gasteiger partial charge >= 0.3 is 0 Å². The Morgan fingerprint density at radius 3 is 2.27 bits per heavy atom. The van der Waals surface area contributed by atoms with E-state index in [4.69, 9.17) is 4.84 Å². The fraction of sp³-hybridized carbons (Fsp3) is 0.316. The third-order valence-electron chi connectivity index (χ3n) is 4.55. The van der Waals surface area contributed by atoms with Crippen molar-refractivity contribution < 1.29 is 18.0 Å². The van der Waals surface area contributed by atoms with Gasteiger partial charge in [0.2, 0.25) is 0 Å². The first-order chi connectivity index (χ1) is 12.4. The average molecular weight is 374 g/mol. The van der Waals surface area contributed by atoms with E-state index in [1.54, 1.807) is 0 Å². The Morgan fingerprint density at radius 1 is 1.12 bits per heavy atom. The number of amides is 1. The predicted octanol–water partition coefficient (Wildman–Crippen LogP) is 2.75. The Bertz CT molecular complexity index is 862. The standard InChI is InChI=1S/C19H22N2O4S/c1-21(25-2)26(23,24)17-12-10-16(11-13-17)19(22)20-18(15-8-9-15)14-6-4-3-5-7-14/h3-7,10-13,15,18H,8-9H2,1-2H3,(H,20,22). The summed E-state index contributed by atoms with van der Waals surface area (Å²) in [7, 11) is -1.13. The van der Waals surface area contributed by atoms with Crippen molar-refractivity contribution in [1.82, 2.24) is 9.79 Å². The number of sulfonamides is 1. The van der Waals surface area contributed by atoms with Crippen molar-refractivity contribution in [2.45, 2.75) is 23.8 Å². The third kappa shape index (κ3) is 3.95. The molecule has 0 heterocycles. The van der Waals surface area contributed by atoms with Crippen LogP contribution in [0.5, 0.6) is 0 Å². The number of carbonyl (C=O) groups excluding carboxylic acids is 1. The Morgan fingerprint density at radius 2 is 1.73 bits per heavy atom. The van der Waals surface area contributed by atoms with Gasteiger partial charge in [-0.05, 0) is 48.6 Å². The van der Waals surface area contributed by atoms with E-state index in [0.29, 0.717) is 11.5 Å². The molecule has 1 aliphatic carbocycles. The molecule has 1 fully saturated rings. The van der Waals surface area contributed by atoms with Crippen LogP contribution in [0.1, 0.15) is 34.8 Å². The second-order valence-corrected chi connectivity index (χ2v) is 8.26. The van der Waals surface area contributed by atoms with Crippen LogP contribution in [-0.2, 0) is 14.9 Å². The van der Waals surface area contributed by atoms with E-state index < -0.39 is 10.0 Å². The van der Waals surface area contributed by atoms with Gasteiger partial charge in [0.15, 0.2) is 0 Å². The van der Waals surface area contributed by atoms with E-state index >= 15 is 0 Å². The lowest BCUT2D eigenvalue weighted by Crippen LogP contribution is -2.30. The van der Waals surface area contributed by atoms with Gasteiger partial charge in [-0.15, -0.1) is 0 Å². The summed E-state index contributed by atoms with van der Waals surface area (Å²) in [5.74, 6) is 0.242. The topological polar surface area (TPSA) is 75.7 Å². The van der Waals surface area contributed by atoms with Crippen LogP contribution < -0.4 is 5.32 Å². The Labute approximate surface area is 153 Å². The minimum atomic E-state index is -3.72. The van der Waals surface area contributed by atoms with E-state index in [2.05, 4.69) is 5.32 Å². The molecule has 0 saturated heterocycles. The van der Waals surface area contributed by atoms with Gasteiger partial charge in [0.1, 0.15) is 0 Å². The summed E-state index contributed by atoms with van der Waals surface area (Å²) in [6.07, 6.45) is 2.20. The molecule has 1 saturated carbocycles. The average Bonchev–Trinajstić information content (AvgIpc) is 3.51. The lowest BCUT2D eigenvalue weighted by Gasteiger charge is -2.19. The first kappa shape index (κ1) is 18.6.